The first-order valence-corrected chi connectivity index (χ1v) is 11.4. The highest BCUT2D eigenvalue weighted by Gasteiger charge is 2.31. The highest BCUT2D eigenvalue weighted by Crippen LogP contribution is 2.43. The molecule has 0 atom stereocenters. The molecule has 152 valence electrons. The molecule has 1 aromatic heterocycles. The quantitative estimate of drug-likeness (QED) is 0.291. The van der Waals surface area contributed by atoms with Gasteiger partial charge in [0.05, 0.1) is 5.56 Å². The predicted molar refractivity (Wildman–Crippen MR) is 133 cm³/mol. The van der Waals surface area contributed by atoms with Crippen LogP contribution < -0.4 is 4.57 Å². The summed E-state index contributed by atoms with van der Waals surface area (Å²) in [5.74, 6) is 0.264. The monoisotopic (exact) mass is 430 g/mol. The third kappa shape index (κ3) is 2.98. The van der Waals surface area contributed by atoms with Gasteiger partial charge in [0, 0.05) is 17.7 Å². The Morgan fingerprint density at radius 1 is 0.531 bits per heavy atom. The Labute approximate surface area is 190 Å². The van der Waals surface area contributed by atoms with Gasteiger partial charge in [0.25, 0.3) is 5.01 Å². The number of fused-ring (bicyclic) bond motifs is 2. The van der Waals surface area contributed by atoms with Gasteiger partial charge in [-0.25, -0.2) is 0 Å². The standard InChI is InChI=1S/C29H19NOS/c31-28-27(25-18-8-12-20-10-4-6-16-23(20)25)32-29(30(28)22-14-2-1-3-15-22)26-19-9-13-21-11-5-7-17-24(21)26/h1-19H/p+1. The van der Waals surface area contributed by atoms with E-state index in [4.69, 9.17) is 0 Å². The van der Waals surface area contributed by atoms with Crippen LogP contribution in [0.25, 0.3) is 48.2 Å². The fourth-order valence-electron chi connectivity index (χ4n) is 4.39. The molecule has 0 fully saturated rings. The van der Waals surface area contributed by atoms with E-state index in [-0.39, 0.29) is 5.88 Å². The smallest absolute Gasteiger partial charge is 0.391 e. The van der Waals surface area contributed by atoms with Crippen molar-refractivity contribution in [2.45, 2.75) is 0 Å². The second-order valence-electron chi connectivity index (χ2n) is 7.78. The first kappa shape index (κ1) is 18.8. The van der Waals surface area contributed by atoms with Crippen LogP contribution in [0, 0.1) is 0 Å². The fourth-order valence-corrected chi connectivity index (χ4v) is 5.62. The van der Waals surface area contributed by atoms with E-state index in [0.717, 1.165) is 37.5 Å². The molecule has 6 aromatic rings. The molecule has 1 N–H and O–H groups in total. The van der Waals surface area contributed by atoms with Crippen LogP contribution >= 0.6 is 11.3 Å². The van der Waals surface area contributed by atoms with E-state index in [1.54, 1.807) is 11.3 Å². The van der Waals surface area contributed by atoms with Crippen LogP contribution in [0.5, 0.6) is 5.88 Å². The summed E-state index contributed by atoms with van der Waals surface area (Å²) in [6.07, 6.45) is 0. The molecule has 0 saturated carbocycles. The van der Waals surface area contributed by atoms with E-state index >= 15 is 0 Å². The number of para-hydroxylation sites is 1. The molecular weight excluding hydrogens is 410 g/mol. The van der Waals surface area contributed by atoms with Crippen molar-refractivity contribution in [3.63, 3.8) is 0 Å². The largest absolute Gasteiger partial charge is 0.458 e. The molecular formula is C29H20NOS+. The molecule has 6 rings (SSSR count). The first-order valence-electron chi connectivity index (χ1n) is 10.6. The molecule has 0 saturated heterocycles. The van der Waals surface area contributed by atoms with E-state index in [9.17, 15) is 5.11 Å². The lowest BCUT2D eigenvalue weighted by molar-refractivity contribution is -0.587. The summed E-state index contributed by atoms with van der Waals surface area (Å²) < 4.78 is 1.98. The van der Waals surface area contributed by atoms with Crippen LogP contribution in [0.3, 0.4) is 0 Å². The van der Waals surface area contributed by atoms with Crippen LogP contribution in [0.4, 0.5) is 0 Å². The third-order valence-electron chi connectivity index (χ3n) is 5.89. The maximum atomic E-state index is 11.6. The number of hydrogen-bond acceptors (Lipinski definition) is 2. The Bertz CT molecular complexity index is 1570. The van der Waals surface area contributed by atoms with E-state index < -0.39 is 0 Å². The Morgan fingerprint density at radius 2 is 1.06 bits per heavy atom. The summed E-state index contributed by atoms with van der Waals surface area (Å²) in [5.41, 5.74) is 3.09. The van der Waals surface area contributed by atoms with Crippen molar-refractivity contribution in [2.24, 2.45) is 0 Å². The van der Waals surface area contributed by atoms with Crippen molar-refractivity contribution in [1.29, 1.82) is 0 Å². The summed E-state index contributed by atoms with van der Waals surface area (Å²) in [7, 11) is 0. The fraction of sp³-hybridized carbons (Fsp3) is 0. The van der Waals surface area contributed by atoms with Gasteiger partial charge in [-0.15, -0.1) is 4.57 Å². The Balaban J connectivity index is 1.70. The van der Waals surface area contributed by atoms with Crippen molar-refractivity contribution in [1.82, 2.24) is 0 Å². The summed E-state index contributed by atoms with van der Waals surface area (Å²) in [5, 5.41) is 17.2. The van der Waals surface area contributed by atoms with Crippen LogP contribution in [0.1, 0.15) is 0 Å². The topological polar surface area (TPSA) is 24.1 Å². The van der Waals surface area contributed by atoms with Gasteiger partial charge >= 0.3 is 5.88 Å². The summed E-state index contributed by atoms with van der Waals surface area (Å²) in [6, 6.07) is 39.4. The van der Waals surface area contributed by atoms with Gasteiger partial charge in [0.1, 0.15) is 0 Å². The molecule has 0 spiro atoms. The van der Waals surface area contributed by atoms with E-state index in [1.807, 2.05) is 47.0 Å². The zero-order valence-electron chi connectivity index (χ0n) is 17.3. The van der Waals surface area contributed by atoms with Crippen LogP contribution in [-0.4, -0.2) is 5.11 Å². The molecule has 0 bridgehead atoms. The molecule has 0 unspecified atom stereocenters. The number of aromatic hydroxyl groups is 1. The third-order valence-corrected chi connectivity index (χ3v) is 7.09. The predicted octanol–water partition coefficient (Wildman–Crippen LogP) is 7.37. The van der Waals surface area contributed by atoms with Crippen molar-refractivity contribution < 1.29 is 9.67 Å². The number of hydrogen-bond donors (Lipinski definition) is 1. The summed E-state index contributed by atoms with van der Waals surface area (Å²) >= 11 is 1.63. The van der Waals surface area contributed by atoms with E-state index in [2.05, 4.69) is 72.8 Å². The number of thiazole rings is 1. The van der Waals surface area contributed by atoms with Crippen LogP contribution in [-0.2, 0) is 0 Å². The minimum absolute atomic E-state index is 0.264. The normalized spacial score (nSPS) is 11.2. The second kappa shape index (κ2) is 7.63. The van der Waals surface area contributed by atoms with Gasteiger partial charge in [-0.3, -0.25) is 0 Å². The highest BCUT2D eigenvalue weighted by atomic mass is 32.1. The van der Waals surface area contributed by atoms with Crippen LogP contribution in [0.15, 0.2) is 115 Å². The maximum absolute atomic E-state index is 11.6. The van der Waals surface area contributed by atoms with Gasteiger partial charge in [0.15, 0.2) is 4.88 Å². The Hall–Kier alpha value is -3.95. The molecule has 2 nitrogen and oxygen atoms in total. The summed E-state index contributed by atoms with van der Waals surface area (Å²) in [4.78, 5) is 0.869. The number of aromatic nitrogens is 1. The number of rotatable bonds is 3. The second-order valence-corrected chi connectivity index (χ2v) is 8.78. The molecule has 0 amide bonds. The molecule has 3 heteroatoms. The van der Waals surface area contributed by atoms with E-state index in [0.29, 0.717) is 0 Å². The highest BCUT2D eigenvalue weighted by molar-refractivity contribution is 7.18. The SMILES string of the molecule is Oc1c(-c2cccc3ccccc23)sc(-c2cccc3ccccc23)[n+]1-c1ccccc1. The molecule has 0 aliphatic carbocycles. The van der Waals surface area contributed by atoms with Gasteiger partial charge < -0.3 is 5.11 Å². The minimum atomic E-state index is 0.264. The maximum Gasteiger partial charge on any atom is 0.391 e. The van der Waals surface area contributed by atoms with Crippen LogP contribution in [0.2, 0.25) is 0 Å². The van der Waals surface area contributed by atoms with Crippen molar-refractivity contribution in [3.8, 4) is 32.6 Å². The van der Waals surface area contributed by atoms with Crippen molar-refractivity contribution in [3.05, 3.63) is 115 Å². The average Bonchev–Trinajstić information content (AvgIpc) is 3.20. The Morgan fingerprint density at radius 3 is 1.75 bits per heavy atom. The van der Waals surface area contributed by atoms with Crippen molar-refractivity contribution >= 4 is 32.9 Å². The molecule has 32 heavy (non-hydrogen) atoms. The Kier molecular flexibility index (Phi) is 4.48. The lowest BCUT2D eigenvalue weighted by Crippen LogP contribution is -2.30. The minimum Gasteiger partial charge on any atom is -0.458 e. The lowest BCUT2D eigenvalue weighted by Gasteiger charge is -2.03. The first-order chi connectivity index (χ1) is 15.8. The van der Waals surface area contributed by atoms with Gasteiger partial charge in [-0.2, -0.15) is 0 Å². The zero-order chi connectivity index (χ0) is 21.5. The molecule has 1 heterocycles. The van der Waals surface area contributed by atoms with E-state index in [1.165, 1.54) is 10.8 Å². The van der Waals surface area contributed by atoms with Gasteiger partial charge in [-0.1, -0.05) is 108 Å². The zero-order valence-corrected chi connectivity index (χ0v) is 18.1. The number of benzene rings is 5. The van der Waals surface area contributed by atoms with Gasteiger partial charge in [0.2, 0.25) is 5.69 Å². The molecule has 0 aliphatic rings. The average molecular weight is 431 g/mol. The molecule has 5 aromatic carbocycles. The molecule has 0 radical (unpaired) electrons. The lowest BCUT2D eigenvalue weighted by atomic mass is 10.0. The summed E-state index contributed by atoms with van der Waals surface area (Å²) in [6.45, 7) is 0. The number of nitrogens with zero attached hydrogens (tertiary/aromatic N) is 1. The van der Waals surface area contributed by atoms with Gasteiger partial charge in [-0.05, 0) is 27.6 Å². The molecule has 0 aliphatic heterocycles. The van der Waals surface area contributed by atoms with Crippen molar-refractivity contribution in [2.75, 3.05) is 0 Å².